The minimum absolute atomic E-state index is 0.228. The Hall–Kier alpha value is -2.82. The molecule has 0 saturated carbocycles. The van der Waals surface area contributed by atoms with Gasteiger partial charge < -0.3 is 14.8 Å². The van der Waals surface area contributed by atoms with Crippen LogP contribution in [0.2, 0.25) is 0 Å². The van der Waals surface area contributed by atoms with Crippen LogP contribution in [-0.2, 0) is 20.9 Å². The fraction of sp³-hybridized carbons (Fsp3) is 0.263. The van der Waals surface area contributed by atoms with Gasteiger partial charge in [0.15, 0.2) is 13.2 Å². The van der Waals surface area contributed by atoms with Crippen molar-refractivity contribution >= 4 is 11.9 Å². The molecule has 126 valence electrons. The molecular formula is C19H21NO4. The topological polar surface area (TPSA) is 64.6 Å². The molecule has 0 unspecified atom stereocenters. The third-order valence-corrected chi connectivity index (χ3v) is 3.53. The first-order valence-corrected chi connectivity index (χ1v) is 7.71. The minimum atomic E-state index is -0.580. The highest BCUT2D eigenvalue weighted by molar-refractivity contribution is 5.80. The zero-order valence-electron chi connectivity index (χ0n) is 13.9. The van der Waals surface area contributed by atoms with Crippen LogP contribution < -0.4 is 10.1 Å². The molecule has 0 aliphatic carbocycles. The summed E-state index contributed by atoms with van der Waals surface area (Å²) in [5, 5.41) is 2.68. The number of nitrogens with one attached hydrogen (secondary N) is 1. The Kier molecular flexibility index (Phi) is 6.37. The number of carbonyl (C=O) groups excluding carboxylic acids is 2. The second kappa shape index (κ2) is 8.72. The summed E-state index contributed by atoms with van der Waals surface area (Å²) in [4.78, 5) is 23.3. The van der Waals surface area contributed by atoms with Crippen molar-refractivity contribution in [1.29, 1.82) is 0 Å². The summed E-state index contributed by atoms with van der Waals surface area (Å²) >= 11 is 0. The number of amides is 1. The van der Waals surface area contributed by atoms with Gasteiger partial charge in [0.2, 0.25) is 0 Å². The third kappa shape index (κ3) is 5.76. The maximum Gasteiger partial charge on any atom is 0.344 e. The van der Waals surface area contributed by atoms with Crippen LogP contribution in [0.4, 0.5) is 0 Å². The standard InChI is InChI=1S/C19H21NO4/c1-14-8-9-17(10-15(14)2)23-13-19(22)24-12-18(21)20-11-16-6-4-3-5-7-16/h3-10H,11-13H2,1-2H3,(H,20,21). The average molecular weight is 327 g/mol. The summed E-state index contributed by atoms with van der Waals surface area (Å²) in [5.41, 5.74) is 3.22. The number of esters is 1. The van der Waals surface area contributed by atoms with E-state index in [0.29, 0.717) is 12.3 Å². The molecule has 5 nitrogen and oxygen atoms in total. The molecule has 24 heavy (non-hydrogen) atoms. The molecular weight excluding hydrogens is 306 g/mol. The average Bonchev–Trinajstić information content (AvgIpc) is 2.60. The molecule has 5 heteroatoms. The van der Waals surface area contributed by atoms with Crippen molar-refractivity contribution in [2.24, 2.45) is 0 Å². The Balaban J connectivity index is 1.67. The molecule has 0 aliphatic heterocycles. The lowest BCUT2D eigenvalue weighted by molar-refractivity contribution is -0.150. The van der Waals surface area contributed by atoms with Gasteiger partial charge in [0.25, 0.3) is 5.91 Å². The van der Waals surface area contributed by atoms with Gasteiger partial charge in [-0.25, -0.2) is 4.79 Å². The molecule has 0 heterocycles. The monoisotopic (exact) mass is 327 g/mol. The van der Waals surface area contributed by atoms with Crippen molar-refractivity contribution in [2.45, 2.75) is 20.4 Å². The zero-order valence-corrected chi connectivity index (χ0v) is 13.9. The van der Waals surface area contributed by atoms with Crippen LogP contribution in [0.25, 0.3) is 0 Å². The van der Waals surface area contributed by atoms with E-state index in [1.54, 1.807) is 6.07 Å². The first-order chi connectivity index (χ1) is 11.5. The Morgan fingerprint density at radius 2 is 1.71 bits per heavy atom. The summed E-state index contributed by atoms with van der Waals surface area (Å²) in [6.07, 6.45) is 0. The molecule has 0 radical (unpaired) electrons. The largest absolute Gasteiger partial charge is 0.482 e. The van der Waals surface area contributed by atoms with Crippen LogP contribution in [-0.4, -0.2) is 25.1 Å². The second-order valence-electron chi connectivity index (χ2n) is 5.46. The van der Waals surface area contributed by atoms with Crippen LogP contribution in [0.1, 0.15) is 16.7 Å². The predicted molar refractivity (Wildman–Crippen MR) is 90.7 cm³/mol. The summed E-state index contributed by atoms with van der Waals surface area (Å²) in [7, 11) is 0. The summed E-state index contributed by atoms with van der Waals surface area (Å²) in [5.74, 6) is -0.329. The van der Waals surface area contributed by atoms with Crippen LogP contribution >= 0.6 is 0 Å². The minimum Gasteiger partial charge on any atom is -0.482 e. The number of aryl methyl sites for hydroxylation is 2. The molecule has 0 saturated heterocycles. The normalized spacial score (nSPS) is 10.1. The summed E-state index contributed by atoms with van der Waals surface area (Å²) in [6.45, 7) is 3.83. The van der Waals surface area contributed by atoms with Crippen LogP contribution in [0.15, 0.2) is 48.5 Å². The molecule has 2 aromatic rings. The van der Waals surface area contributed by atoms with E-state index in [4.69, 9.17) is 9.47 Å². The van der Waals surface area contributed by atoms with Gasteiger partial charge in [-0.1, -0.05) is 36.4 Å². The molecule has 1 N–H and O–H groups in total. The van der Waals surface area contributed by atoms with E-state index in [1.165, 1.54) is 0 Å². The molecule has 2 rings (SSSR count). The maximum absolute atomic E-state index is 11.6. The van der Waals surface area contributed by atoms with E-state index in [9.17, 15) is 9.59 Å². The Morgan fingerprint density at radius 3 is 2.42 bits per heavy atom. The Labute approximate surface area is 141 Å². The van der Waals surface area contributed by atoms with Gasteiger partial charge in [-0.3, -0.25) is 4.79 Å². The molecule has 0 spiro atoms. The number of hydrogen-bond donors (Lipinski definition) is 1. The highest BCUT2D eigenvalue weighted by atomic mass is 16.6. The first-order valence-electron chi connectivity index (χ1n) is 7.71. The summed E-state index contributed by atoms with van der Waals surface area (Å²) < 4.78 is 10.3. The number of rotatable bonds is 7. The van der Waals surface area contributed by atoms with Crippen LogP contribution in [0.5, 0.6) is 5.75 Å². The fourth-order valence-electron chi connectivity index (χ4n) is 1.98. The van der Waals surface area contributed by atoms with Crippen molar-refractivity contribution < 1.29 is 19.1 Å². The van der Waals surface area contributed by atoms with Gasteiger partial charge in [0.05, 0.1) is 0 Å². The fourth-order valence-corrected chi connectivity index (χ4v) is 1.98. The highest BCUT2D eigenvalue weighted by Crippen LogP contribution is 2.16. The van der Waals surface area contributed by atoms with E-state index in [2.05, 4.69) is 5.32 Å². The second-order valence-corrected chi connectivity index (χ2v) is 5.46. The van der Waals surface area contributed by atoms with Crippen molar-refractivity contribution in [1.82, 2.24) is 5.32 Å². The van der Waals surface area contributed by atoms with Gasteiger partial charge >= 0.3 is 5.97 Å². The van der Waals surface area contributed by atoms with Crippen molar-refractivity contribution in [2.75, 3.05) is 13.2 Å². The van der Waals surface area contributed by atoms with Gasteiger partial charge in [-0.15, -0.1) is 0 Å². The third-order valence-electron chi connectivity index (χ3n) is 3.53. The predicted octanol–water partition coefficient (Wildman–Crippen LogP) is 2.54. The van der Waals surface area contributed by atoms with E-state index in [0.717, 1.165) is 16.7 Å². The van der Waals surface area contributed by atoms with E-state index in [1.807, 2.05) is 56.3 Å². The van der Waals surface area contributed by atoms with E-state index >= 15 is 0 Å². The molecule has 0 bridgehead atoms. The van der Waals surface area contributed by atoms with Gasteiger partial charge in [-0.2, -0.15) is 0 Å². The lowest BCUT2D eigenvalue weighted by Gasteiger charge is -2.09. The first kappa shape index (κ1) is 17.5. The van der Waals surface area contributed by atoms with Crippen molar-refractivity contribution in [3.8, 4) is 5.75 Å². The van der Waals surface area contributed by atoms with E-state index < -0.39 is 5.97 Å². The lowest BCUT2D eigenvalue weighted by Crippen LogP contribution is -2.29. The number of carbonyl (C=O) groups is 2. The molecule has 0 atom stereocenters. The smallest absolute Gasteiger partial charge is 0.344 e. The molecule has 1 amide bonds. The molecule has 0 fully saturated rings. The molecule has 0 aromatic heterocycles. The number of hydrogen-bond acceptors (Lipinski definition) is 4. The maximum atomic E-state index is 11.6. The lowest BCUT2D eigenvalue weighted by atomic mass is 10.1. The van der Waals surface area contributed by atoms with Crippen LogP contribution in [0, 0.1) is 13.8 Å². The van der Waals surface area contributed by atoms with Gasteiger partial charge in [0.1, 0.15) is 5.75 Å². The van der Waals surface area contributed by atoms with Crippen molar-refractivity contribution in [3.63, 3.8) is 0 Å². The van der Waals surface area contributed by atoms with Gasteiger partial charge in [-0.05, 0) is 42.7 Å². The Morgan fingerprint density at radius 1 is 0.958 bits per heavy atom. The van der Waals surface area contributed by atoms with Crippen molar-refractivity contribution in [3.05, 3.63) is 65.2 Å². The Bertz CT molecular complexity index is 698. The summed E-state index contributed by atoms with van der Waals surface area (Å²) in [6, 6.07) is 15.1. The SMILES string of the molecule is Cc1ccc(OCC(=O)OCC(=O)NCc2ccccc2)cc1C. The zero-order chi connectivity index (χ0) is 17.4. The molecule has 0 aliphatic rings. The van der Waals surface area contributed by atoms with Crippen LogP contribution in [0.3, 0.4) is 0 Å². The number of ether oxygens (including phenoxy) is 2. The number of benzene rings is 2. The quantitative estimate of drug-likeness (QED) is 0.794. The van der Waals surface area contributed by atoms with Gasteiger partial charge in [0, 0.05) is 6.54 Å². The van der Waals surface area contributed by atoms with E-state index in [-0.39, 0.29) is 19.1 Å². The molecule has 2 aromatic carbocycles. The highest BCUT2D eigenvalue weighted by Gasteiger charge is 2.08.